The van der Waals surface area contributed by atoms with Gasteiger partial charge in [0.25, 0.3) is 0 Å². The van der Waals surface area contributed by atoms with Crippen molar-refractivity contribution in [3.63, 3.8) is 0 Å². The Morgan fingerprint density at radius 2 is 2.36 bits per heavy atom. The highest BCUT2D eigenvalue weighted by Gasteiger charge is 2.08. The number of anilines is 1. The molecule has 0 aliphatic rings. The van der Waals surface area contributed by atoms with Crippen LogP contribution in [0.5, 0.6) is 0 Å². The number of aliphatic hydroxyl groups excluding tert-OH is 1. The number of halogens is 1. The zero-order valence-corrected chi connectivity index (χ0v) is 10.3. The van der Waals surface area contributed by atoms with Crippen molar-refractivity contribution in [3.8, 4) is 0 Å². The predicted octanol–water partition coefficient (Wildman–Crippen LogP) is 1.29. The summed E-state index contributed by atoms with van der Waals surface area (Å²) in [6.45, 7) is 4.03. The maximum absolute atomic E-state index is 8.77. The minimum Gasteiger partial charge on any atom is -0.396 e. The minimum atomic E-state index is 0.220. The van der Waals surface area contributed by atoms with Crippen LogP contribution in [-0.2, 0) is 0 Å². The van der Waals surface area contributed by atoms with Crippen LogP contribution < -0.4 is 4.90 Å². The van der Waals surface area contributed by atoms with Gasteiger partial charge in [-0.05, 0) is 35.9 Å². The molecule has 1 heterocycles. The monoisotopic (exact) mass is 307 g/mol. The van der Waals surface area contributed by atoms with Crippen LogP contribution in [-0.4, -0.2) is 34.8 Å². The summed E-state index contributed by atoms with van der Waals surface area (Å²) in [5, 5.41) is 8.77. The van der Waals surface area contributed by atoms with Crippen LogP contribution in [0.15, 0.2) is 12.5 Å². The predicted molar refractivity (Wildman–Crippen MR) is 64.3 cm³/mol. The first kappa shape index (κ1) is 11.6. The van der Waals surface area contributed by atoms with Gasteiger partial charge in [0.2, 0.25) is 0 Å². The maximum atomic E-state index is 8.77. The van der Waals surface area contributed by atoms with E-state index >= 15 is 0 Å². The van der Waals surface area contributed by atoms with Gasteiger partial charge < -0.3 is 10.0 Å². The molecule has 0 radical (unpaired) electrons. The molecule has 0 spiro atoms. The van der Waals surface area contributed by atoms with Gasteiger partial charge in [-0.25, -0.2) is 9.97 Å². The van der Waals surface area contributed by atoms with E-state index in [-0.39, 0.29) is 6.61 Å². The lowest BCUT2D eigenvalue weighted by molar-refractivity contribution is 0.289. The van der Waals surface area contributed by atoms with E-state index in [2.05, 4.69) is 44.4 Å². The van der Waals surface area contributed by atoms with E-state index in [1.54, 1.807) is 12.5 Å². The van der Waals surface area contributed by atoms with Crippen molar-refractivity contribution in [2.45, 2.75) is 13.3 Å². The minimum absolute atomic E-state index is 0.220. The molecular formula is C9H14IN3O. The summed E-state index contributed by atoms with van der Waals surface area (Å²) in [6, 6.07) is 0. The van der Waals surface area contributed by atoms with Gasteiger partial charge >= 0.3 is 0 Å². The smallest absolute Gasteiger partial charge is 0.145 e. The van der Waals surface area contributed by atoms with Gasteiger partial charge in [-0.3, -0.25) is 0 Å². The summed E-state index contributed by atoms with van der Waals surface area (Å²) >= 11 is 2.22. The van der Waals surface area contributed by atoms with Gasteiger partial charge in [0, 0.05) is 25.9 Å². The van der Waals surface area contributed by atoms with Crippen LogP contribution in [0.3, 0.4) is 0 Å². The number of hydrogen-bond donors (Lipinski definition) is 1. The molecular weight excluding hydrogens is 293 g/mol. The standard InChI is InChI=1S/C9H14IN3O/c1-2-13(4-3-5-14)9-8(10)6-11-7-12-9/h6-7,14H,2-5H2,1H3. The molecule has 1 N–H and O–H groups in total. The SMILES string of the molecule is CCN(CCCO)c1ncncc1I. The molecule has 0 fully saturated rings. The van der Waals surface area contributed by atoms with E-state index < -0.39 is 0 Å². The summed E-state index contributed by atoms with van der Waals surface area (Å²) in [7, 11) is 0. The Labute approximate surface area is 97.5 Å². The molecule has 0 unspecified atom stereocenters. The second-order valence-electron chi connectivity index (χ2n) is 2.85. The lowest BCUT2D eigenvalue weighted by atomic mass is 10.4. The zero-order valence-electron chi connectivity index (χ0n) is 8.15. The quantitative estimate of drug-likeness (QED) is 0.833. The van der Waals surface area contributed by atoms with Gasteiger partial charge in [-0.15, -0.1) is 0 Å². The molecule has 4 nitrogen and oxygen atoms in total. The number of hydrogen-bond acceptors (Lipinski definition) is 4. The lowest BCUT2D eigenvalue weighted by Crippen LogP contribution is -2.26. The van der Waals surface area contributed by atoms with Crippen molar-refractivity contribution in [2.75, 3.05) is 24.6 Å². The molecule has 0 saturated carbocycles. The summed E-state index contributed by atoms with van der Waals surface area (Å²) < 4.78 is 1.05. The molecule has 78 valence electrons. The van der Waals surface area contributed by atoms with Crippen molar-refractivity contribution >= 4 is 28.4 Å². The van der Waals surface area contributed by atoms with Crippen molar-refractivity contribution in [2.24, 2.45) is 0 Å². The van der Waals surface area contributed by atoms with Gasteiger partial charge in [-0.2, -0.15) is 0 Å². The first-order valence-electron chi connectivity index (χ1n) is 4.61. The summed E-state index contributed by atoms with van der Waals surface area (Å²) in [6.07, 6.45) is 4.12. The third kappa shape index (κ3) is 3.06. The molecule has 0 bridgehead atoms. The van der Waals surface area contributed by atoms with Crippen LogP contribution >= 0.6 is 22.6 Å². The third-order valence-electron chi connectivity index (χ3n) is 1.92. The van der Waals surface area contributed by atoms with Crippen molar-refractivity contribution in [1.82, 2.24) is 9.97 Å². The van der Waals surface area contributed by atoms with E-state index in [0.29, 0.717) is 0 Å². The van der Waals surface area contributed by atoms with Crippen LogP contribution in [0.4, 0.5) is 5.82 Å². The first-order chi connectivity index (χ1) is 6.79. The Morgan fingerprint density at radius 3 is 2.93 bits per heavy atom. The van der Waals surface area contributed by atoms with Gasteiger partial charge in [-0.1, -0.05) is 0 Å². The molecule has 0 aliphatic carbocycles. The molecule has 5 heteroatoms. The lowest BCUT2D eigenvalue weighted by Gasteiger charge is -2.22. The molecule has 1 aromatic rings. The molecule has 0 amide bonds. The molecule has 0 aromatic carbocycles. The summed E-state index contributed by atoms with van der Waals surface area (Å²) in [4.78, 5) is 10.3. The van der Waals surface area contributed by atoms with E-state index in [1.807, 2.05) is 0 Å². The normalized spacial score (nSPS) is 10.2. The second-order valence-corrected chi connectivity index (χ2v) is 4.01. The summed E-state index contributed by atoms with van der Waals surface area (Å²) in [5.74, 6) is 0.955. The van der Waals surface area contributed by atoms with Gasteiger partial charge in [0.05, 0.1) is 3.57 Å². The zero-order chi connectivity index (χ0) is 10.4. The van der Waals surface area contributed by atoms with E-state index in [1.165, 1.54) is 0 Å². The Morgan fingerprint density at radius 1 is 1.57 bits per heavy atom. The molecule has 14 heavy (non-hydrogen) atoms. The number of nitrogens with zero attached hydrogens (tertiary/aromatic N) is 3. The highest BCUT2D eigenvalue weighted by molar-refractivity contribution is 14.1. The fourth-order valence-electron chi connectivity index (χ4n) is 1.21. The first-order valence-corrected chi connectivity index (χ1v) is 5.68. The van der Waals surface area contributed by atoms with E-state index in [9.17, 15) is 0 Å². The summed E-state index contributed by atoms with van der Waals surface area (Å²) in [5.41, 5.74) is 0. The third-order valence-corrected chi connectivity index (χ3v) is 2.68. The fraction of sp³-hybridized carbons (Fsp3) is 0.556. The van der Waals surface area contributed by atoms with Crippen LogP contribution in [0.25, 0.3) is 0 Å². The highest BCUT2D eigenvalue weighted by atomic mass is 127. The topological polar surface area (TPSA) is 49.2 Å². The van der Waals surface area contributed by atoms with Crippen molar-refractivity contribution in [3.05, 3.63) is 16.1 Å². The maximum Gasteiger partial charge on any atom is 0.145 e. The van der Waals surface area contributed by atoms with Crippen molar-refractivity contribution < 1.29 is 5.11 Å². The molecule has 0 atom stereocenters. The van der Waals surface area contributed by atoms with Crippen LogP contribution in [0.2, 0.25) is 0 Å². The van der Waals surface area contributed by atoms with Crippen molar-refractivity contribution in [1.29, 1.82) is 0 Å². The largest absolute Gasteiger partial charge is 0.396 e. The van der Waals surface area contributed by atoms with Crippen LogP contribution in [0.1, 0.15) is 13.3 Å². The average molecular weight is 307 g/mol. The Hall–Kier alpha value is -0.430. The number of aliphatic hydroxyl groups is 1. The van der Waals surface area contributed by atoms with E-state index in [4.69, 9.17) is 5.11 Å². The molecule has 0 aliphatic heterocycles. The molecule has 1 rings (SSSR count). The second kappa shape index (κ2) is 6.13. The van der Waals surface area contributed by atoms with E-state index in [0.717, 1.165) is 28.9 Å². The Bertz CT molecular complexity index is 283. The van der Waals surface area contributed by atoms with Gasteiger partial charge in [0.15, 0.2) is 0 Å². The highest BCUT2D eigenvalue weighted by Crippen LogP contribution is 2.17. The van der Waals surface area contributed by atoms with Crippen LogP contribution in [0, 0.1) is 3.57 Å². The average Bonchev–Trinajstić information content (AvgIpc) is 2.21. The van der Waals surface area contributed by atoms with Gasteiger partial charge in [0.1, 0.15) is 12.1 Å². The fourth-order valence-corrected chi connectivity index (χ4v) is 1.86. The Kier molecular flexibility index (Phi) is 5.10. The molecule has 1 aromatic heterocycles. The number of rotatable bonds is 5. The number of aromatic nitrogens is 2. The molecule has 0 saturated heterocycles. The Balaban J connectivity index is 2.73.